The van der Waals surface area contributed by atoms with Gasteiger partial charge in [-0.2, -0.15) is 0 Å². The fourth-order valence-electron chi connectivity index (χ4n) is 3.03. The first kappa shape index (κ1) is 17.0. The van der Waals surface area contributed by atoms with E-state index < -0.39 is 0 Å². The highest BCUT2D eigenvalue weighted by molar-refractivity contribution is 5.98. The lowest BCUT2D eigenvalue weighted by molar-refractivity contribution is -0.125. The zero-order chi connectivity index (χ0) is 17.6. The Hall–Kier alpha value is -2.83. The van der Waals surface area contributed by atoms with Gasteiger partial charge in [0.15, 0.2) is 0 Å². The van der Waals surface area contributed by atoms with E-state index in [1.54, 1.807) is 12.1 Å². The maximum atomic E-state index is 12.2. The number of para-hydroxylation sites is 2. The number of rotatable bonds is 6. The summed E-state index contributed by atoms with van der Waals surface area (Å²) < 4.78 is 0. The number of amides is 4. The molecule has 0 saturated carbocycles. The summed E-state index contributed by atoms with van der Waals surface area (Å²) >= 11 is 0. The maximum Gasteiger partial charge on any atom is 0.324 e. The molecule has 1 saturated heterocycles. The first-order chi connectivity index (χ1) is 12.1. The van der Waals surface area contributed by atoms with Gasteiger partial charge in [-0.1, -0.05) is 24.3 Å². The molecule has 1 aromatic carbocycles. The quantitative estimate of drug-likeness (QED) is 0.689. The lowest BCUT2D eigenvalue weighted by Crippen LogP contribution is -2.38. The van der Waals surface area contributed by atoms with E-state index in [1.807, 2.05) is 12.1 Å². The molecule has 1 aliphatic carbocycles. The van der Waals surface area contributed by atoms with Gasteiger partial charge in [-0.3, -0.25) is 14.5 Å². The predicted molar refractivity (Wildman–Crippen MR) is 95.2 cm³/mol. The Bertz CT molecular complexity index is 701. The van der Waals surface area contributed by atoms with Crippen LogP contribution in [0, 0.1) is 5.92 Å². The van der Waals surface area contributed by atoms with Gasteiger partial charge in [0.1, 0.15) is 0 Å². The first-order valence-corrected chi connectivity index (χ1v) is 8.51. The highest BCUT2D eigenvalue weighted by Gasteiger charge is 2.25. The minimum absolute atomic E-state index is 0.00827. The van der Waals surface area contributed by atoms with E-state index in [9.17, 15) is 14.4 Å². The van der Waals surface area contributed by atoms with Crippen LogP contribution >= 0.6 is 0 Å². The van der Waals surface area contributed by atoms with Crippen molar-refractivity contribution in [3.63, 3.8) is 0 Å². The van der Waals surface area contributed by atoms with Crippen molar-refractivity contribution in [2.24, 2.45) is 5.92 Å². The van der Waals surface area contributed by atoms with Crippen LogP contribution < -0.4 is 16.0 Å². The van der Waals surface area contributed by atoms with Crippen molar-refractivity contribution in [1.82, 2.24) is 10.2 Å². The number of allylic oxidation sites excluding steroid dienone is 2. The van der Waals surface area contributed by atoms with E-state index in [0.29, 0.717) is 36.8 Å². The Morgan fingerprint density at radius 2 is 2.04 bits per heavy atom. The van der Waals surface area contributed by atoms with Crippen LogP contribution in [0.5, 0.6) is 0 Å². The fraction of sp³-hybridized carbons (Fsp3) is 0.389. The highest BCUT2D eigenvalue weighted by atomic mass is 16.2. The number of imide groups is 1. The fourth-order valence-corrected chi connectivity index (χ4v) is 3.03. The van der Waals surface area contributed by atoms with Crippen molar-refractivity contribution < 1.29 is 14.4 Å². The average Bonchev–Trinajstić information content (AvgIpc) is 3.25. The Morgan fingerprint density at radius 3 is 2.72 bits per heavy atom. The van der Waals surface area contributed by atoms with Crippen LogP contribution in [0.1, 0.15) is 19.3 Å². The molecule has 0 unspecified atom stereocenters. The molecular formula is C18H22N4O3. The van der Waals surface area contributed by atoms with E-state index >= 15 is 0 Å². The first-order valence-electron chi connectivity index (χ1n) is 8.51. The second-order valence-electron chi connectivity index (χ2n) is 6.19. The Balaban J connectivity index is 1.56. The molecule has 1 heterocycles. The lowest BCUT2D eigenvalue weighted by Gasteiger charge is -2.16. The van der Waals surface area contributed by atoms with Crippen LogP contribution in [0.25, 0.3) is 0 Å². The van der Waals surface area contributed by atoms with E-state index in [-0.39, 0.29) is 24.4 Å². The van der Waals surface area contributed by atoms with Crippen LogP contribution in [-0.4, -0.2) is 42.4 Å². The summed E-state index contributed by atoms with van der Waals surface area (Å²) in [4.78, 5) is 37.0. The van der Waals surface area contributed by atoms with E-state index in [4.69, 9.17) is 0 Å². The number of carbonyl (C=O) groups is 3. The number of hydrogen-bond donors (Lipinski definition) is 3. The summed E-state index contributed by atoms with van der Waals surface area (Å²) in [6.07, 6.45) is 6.69. The second-order valence-corrected chi connectivity index (χ2v) is 6.19. The van der Waals surface area contributed by atoms with Gasteiger partial charge in [-0.05, 0) is 30.9 Å². The molecule has 1 aliphatic heterocycles. The van der Waals surface area contributed by atoms with Crippen molar-refractivity contribution in [2.45, 2.75) is 19.3 Å². The molecule has 7 nitrogen and oxygen atoms in total. The van der Waals surface area contributed by atoms with Crippen molar-refractivity contribution in [2.75, 3.05) is 30.3 Å². The summed E-state index contributed by atoms with van der Waals surface area (Å²) in [6, 6.07) is 6.87. The SMILES string of the molecule is O=C(C[C@H]1C=CCC1)Nc1ccccc1NCC(=O)N1CCNC1=O. The molecule has 0 spiro atoms. The van der Waals surface area contributed by atoms with Gasteiger partial charge >= 0.3 is 6.03 Å². The van der Waals surface area contributed by atoms with E-state index in [0.717, 1.165) is 12.8 Å². The van der Waals surface area contributed by atoms with Crippen molar-refractivity contribution in [1.29, 1.82) is 0 Å². The molecule has 4 amide bonds. The maximum absolute atomic E-state index is 12.2. The smallest absolute Gasteiger partial charge is 0.324 e. The standard InChI is InChI=1S/C18H22N4O3/c23-16(11-13-5-1-2-6-13)21-15-8-4-3-7-14(15)20-12-17(24)22-10-9-19-18(22)25/h1,3-5,7-8,13,20H,2,6,9-12H2,(H,19,25)(H,21,23)/t13-/m0/s1. The summed E-state index contributed by atoms with van der Waals surface area (Å²) in [7, 11) is 0. The third-order valence-corrected chi connectivity index (χ3v) is 4.35. The Labute approximate surface area is 146 Å². The largest absolute Gasteiger partial charge is 0.374 e. The lowest BCUT2D eigenvalue weighted by atomic mass is 10.0. The molecule has 2 aliphatic rings. The van der Waals surface area contributed by atoms with Crippen LogP contribution in [0.15, 0.2) is 36.4 Å². The third-order valence-electron chi connectivity index (χ3n) is 4.35. The number of nitrogens with one attached hydrogen (secondary N) is 3. The van der Waals surface area contributed by atoms with Gasteiger partial charge < -0.3 is 16.0 Å². The molecule has 3 N–H and O–H groups in total. The minimum Gasteiger partial charge on any atom is -0.374 e. The van der Waals surface area contributed by atoms with Crippen molar-refractivity contribution in [3.8, 4) is 0 Å². The molecule has 0 aromatic heterocycles. The molecular weight excluding hydrogens is 320 g/mol. The molecule has 0 bridgehead atoms. The monoisotopic (exact) mass is 342 g/mol. The molecule has 3 rings (SSSR count). The molecule has 25 heavy (non-hydrogen) atoms. The number of urea groups is 1. The molecule has 1 fully saturated rings. The zero-order valence-electron chi connectivity index (χ0n) is 14.0. The normalized spacial score (nSPS) is 19.0. The number of carbonyl (C=O) groups excluding carboxylic acids is 3. The average molecular weight is 342 g/mol. The zero-order valence-corrected chi connectivity index (χ0v) is 14.0. The minimum atomic E-state index is -0.363. The predicted octanol–water partition coefficient (Wildman–Crippen LogP) is 1.95. The van der Waals surface area contributed by atoms with Gasteiger partial charge in [0.05, 0.1) is 17.9 Å². The molecule has 7 heteroatoms. The van der Waals surface area contributed by atoms with Gasteiger partial charge in [0.25, 0.3) is 0 Å². The van der Waals surface area contributed by atoms with Gasteiger partial charge in [0, 0.05) is 19.5 Å². The highest BCUT2D eigenvalue weighted by Crippen LogP contribution is 2.24. The van der Waals surface area contributed by atoms with Crippen LogP contribution in [0.3, 0.4) is 0 Å². The van der Waals surface area contributed by atoms with Gasteiger partial charge in [-0.25, -0.2) is 4.79 Å². The van der Waals surface area contributed by atoms with Gasteiger partial charge in [0.2, 0.25) is 11.8 Å². The van der Waals surface area contributed by atoms with Crippen LogP contribution in [0.2, 0.25) is 0 Å². The number of nitrogens with zero attached hydrogens (tertiary/aromatic N) is 1. The van der Waals surface area contributed by atoms with Gasteiger partial charge in [-0.15, -0.1) is 0 Å². The summed E-state index contributed by atoms with van der Waals surface area (Å²) in [5.74, 6) is -0.0429. The summed E-state index contributed by atoms with van der Waals surface area (Å²) in [6.45, 7) is 0.852. The second kappa shape index (κ2) is 7.83. The van der Waals surface area contributed by atoms with E-state index in [1.165, 1.54) is 4.90 Å². The number of anilines is 2. The summed E-state index contributed by atoms with van der Waals surface area (Å²) in [5.41, 5.74) is 1.29. The topological polar surface area (TPSA) is 90.5 Å². The van der Waals surface area contributed by atoms with Crippen molar-refractivity contribution in [3.05, 3.63) is 36.4 Å². The molecule has 132 valence electrons. The number of benzene rings is 1. The Kier molecular flexibility index (Phi) is 5.33. The molecule has 0 radical (unpaired) electrons. The number of hydrogen-bond acceptors (Lipinski definition) is 4. The third kappa shape index (κ3) is 4.37. The Morgan fingerprint density at radius 1 is 1.24 bits per heavy atom. The summed E-state index contributed by atoms with van der Waals surface area (Å²) in [5, 5.41) is 8.51. The molecule has 1 aromatic rings. The van der Waals surface area contributed by atoms with Crippen molar-refractivity contribution >= 4 is 29.2 Å². The van der Waals surface area contributed by atoms with Crippen LogP contribution in [0.4, 0.5) is 16.2 Å². The van der Waals surface area contributed by atoms with Crippen LogP contribution in [-0.2, 0) is 9.59 Å². The molecule has 1 atom stereocenters. The van der Waals surface area contributed by atoms with E-state index in [2.05, 4.69) is 28.1 Å².